The number of hydrogen-bond donors (Lipinski definition) is 4. The molecule has 8 heteroatoms. The van der Waals surface area contributed by atoms with Crippen LogP contribution in [0.5, 0.6) is 11.5 Å². The summed E-state index contributed by atoms with van der Waals surface area (Å²) in [5.74, 6) is -1.60. The lowest BCUT2D eigenvalue weighted by Crippen LogP contribution is -2.28. The molecule has 0 saturated heterocycles. The zero-order chi connectivity index (χ0) is 25.3. The van der Waals surface area contributed by atoms with E-state index in [1.54, 1.807) is 72.8 Å². The number of nitrogens with zero attached hydrogens (tertiary/aromatic N) is 2. The van der Waals surface area contributed by atoms with E-state index in [0.717, 1.165) is 0 Å². The van der Waals surface area contributed by atoms with E-state index in [-0.39, 0.29) is 34.0 Å². The Balaban J connectivity index is 1.76. The minimum absolute atomic E-state index is 0.0553. The minimum atomic E-state index is -0.618. The number of rotatable bonds is 7. The maximum absolute atomic E-state index is 12.7. The quantitative estimate of drug-likeness (QED) is 0.236. The highest BCUT2D eigenvalue weighted by Gasteiger charge is 2.18. The molecule has 0 bridgehead atoms. The number of phenolic OH excluding ortho intramolecular Hbond substituents is 2. The number of aromatic hydroxyl groups is 2. The van der Waals surface area contributed by atoms with Crippen LogP contribution in [0.4, 0.5) is 0 Å². The third-order valence-corrected chi connectivity index (χ3v) is 5.15. The van der Waals surface area contributed by atoms with Crippen molar-refractivity contribution in [1.82, 2.24) is 10.9 Å². The smallest absolute Gasteiger partial charge is 0.275 e. The van der Waals surface area contributed by atoms with Crippen molar-refractivity contribution in [3.8, 4) is 11.5 Å². The van der Waals surface area contributed by atoms with Gasteiger partial charge in [0.25, 0.3) is 11.8 Å². The highest BCUT2D eigenvalue weighted by atomic mass is 16.3. The van der Waals surface area contributed by atoms with Crippen molar-refractivity contribution in [2.24, 2.45) is 10.2 Å². The summed E-state index contributed by atoms with van der Waals surface area (Å²) in [4.78, 5) is 25.5. The van der Waals surface area contributed by atoms with Gasteiger partial charge in [0.05, 0.1) is 11.1 Å². The van der Waals surface area contributed by atoms with Crippen LogP contribution in [-0.2, 0) is 0 Å². The lowest BCUT2D eigenvalue weighted by molar-refractivity contribution is 0.0943. The molecule has 2 amide bonds. The normalized spacial score (nSPS) is 11.6. The van der Waals surface area contributed by atoms with Crippen molar-refractivity contribution in [3.05, 3.63) is 131 Å². The number of amides is 2. The third kappa shape index (κ3) is 5.63. The van der Waals surface area contributed by atoms with E-state index in [4.69, 9.17) is 0 Å². The van der Waals surface area contributed by atoms with Gasteiger partial charge in [-0.2, -0.15) is 10.2 Å². The van der Waals surface area contributed by atoms with E-state index in [9.17, 15) is 19.8 Å². The number of carbonyl (C=O) groups is 2. The topological polar surface area (TPSA) is 123 Å². The van der Waals surface area contributed by atoms with Crippen molar-refractivity contribution in [1.29, 1.82) is 0 Å². The molecule has 0 heterocycles. The number of hydrogen-bond acceptors (Lipinski definition) is 6. The Kier molecular flexibility index (Phi) is 7.47. The number of hydrazone groups is 2. The van der Waals surface area contributed by atoms with Crippen molar-refractivity contribution >= 4 is 23.2 Å². The Hall–Kier alpha value is -5.24. The van der Waals surface area contributed by atoms with Gasteiger partial charge < -0.3 is 10.2 Å². The summed E-state index contributed by atoms with van der Waals surface area (Å²) in [6.45, 7) is 0. The fourth-order valence-corrected chi connectivity index (χ4v) is 3.37. The number of benzene rings is 4. The number of para-hydroxylation sites is 2. The molecular weight excluding hydrogens is 456 g/mol. The Morgan fingerprint density at radius 1 is 0.500 bits per heavy atom. The summed E-state index contributed by atoms with van der Waals surface area (Å²) in [6, 6.07) is 30.3. The lowest BCUT2D eigenvalue weighted by atomic mass is 10.00. The van der Waals surface area contributed by atoms with E-state index in [1.165, 1.54) is 24.3 Å². The largest absolute Gasteiger partial charge is 0.507 e. The summed E-state index contributed by atoms with van der Waals surface area (Å²) in [5, 5.41) is 28.7. The summed E-state index contributed by atoms with van der Waals surface area (Å²) >= 11 is 0. The van der Waals surface area contributed by atoms with Gasteiger partial charge in [0.15, 0.2) is 0 Å². The van der Waals surface area contributed by atoms with Gasteiger partial charge in [-0.3, -0.25) is 9.59 Å². The molecular formula is C28H22N4O4. The van der Waals surface area contributed by atoms with Crippen LogP contribution in [0.15, 0.2) is 119 Å². The fraction of sp³-hybridized carbons (Fsp3) is 0. The van der Waals surface area contributed by atoms with Gasteiger partial charge in [0.2, 0.25) is 0 Å². The van der Waals surface area contributed by atoms with Gasteiger partial charge in [0.1, 0.15) is 22.9 Å². The van der Waals surface area contributed by atoms with Gasteiger partial charge >= 0.3 is 0 Å². The molecule has 4 rings (SSSR count). The molecule has 0 saturated carbocycles. The van der Waals surface area contributed by atoms with E-state index in [0.29, 0.717) is 11.1 Å². The van der Waals surface area contributed by atoms with E-state index < -0.39 is 11.8 Å². The second-order valence-electron chi connectivity index (χ2n) is 7.57. The van der Waals surface area contributed by atoms with Crippen LogP contribution >= 0.6 is 0 Å². The van der Waals surface area contributed by atoms with Crippen LogP contribution in [0.2, 0.25) is 0 Å². The number of phenols is 2. The average molecular weight is 479 g/mol. The molecule has 0 aliphatic rings. The van der Waals surface area contributed by atoms with Crippen LogP contribution < -0.4 is 10.9 Å². The Morgan fingerprint density at radius 2 is 0.833 bits per heavy atom. The molecule has 0 unspecified atom stereocenters. The highest BCUT2D eigenvalue weighted by Crippen LogP contribution is 2.17. The summed E-state index contributed by atoms with van der Waals surface area (Å²) in [6.07, 6.45) is 0. The monoisotopic (exact) mass is 478 g/mol. The molecule has 178 valence electrons. The highest BCUT2D eigenvalue weighted by molar-refractivity contribution is 6.53. The van der Waals surface area contributed by atoms with Crippen LogP contribution in [-0.4, -0.2) is 33.5 Å². The first-order valence-electron chi connectivity index (χ1n) is 11.0. The number of nitrogens with one attached hydrogen (secondary N) is 2. The molecule has 4 N–H and O–H groups in total. The first kappa shape index (κ1) is 23.9. The molecule has 8 nitrogen and oxygen atoms in total. The van der Waals surface area contributed by atoms with E-state index in [2.05, 4.69) is 21.1 Å². The Bertz CT molecular complexity index is 1320. The van der Waals surface area contributed by atoms with Gasteiger partial charge in [0, 0.05) is 11.1 Å². The zero-order valence-electron chi connectivity index (χ0n) is 19.0. The molecule has 4 aromatic rings. The maximum atomic E-state index is 12.7. The molecule has 0 fully saturated rings. The minimum Gasteiger partial charge on any atom is -0.507 e. The SMILES string of the molecule is O=C(N/N=C(\C(=N\NC(=O)c1ccccc1O)c1ccccc1)c1ccccc1)c1ccccc1O. The van der Waals surface area contributed by atoms with Gasteiger partial charge in [-0.05, 0) is 24.3 Å². The molecule has 0 spiro atoms. The molecule has 0 aromatic heterocycles. The van der Waals surface area contributed by atoms with Gasteiger partial charge in [-0.25, -0.2) is 10.9 Å². The molecule has 0 aliphatic carbocycles. The third-order valence-electron chi connectivity index (χ3n) is 5.15. The average Bonchev–Trinajstić information content (AvgIpc) is 2.91. The van der Waals surface area contributed by atoms with E-state index >= 15 is 0 Å². The molecule has 36 heavy (non-hydrogen) atoms. The predicted molar refractivity (Wildman–Crippen MR) is 137 cm³/mol. The predicted octanol–water partition coefficient (Wildman–Crippen LogP) is 4.07. The first-order valence-corrected chi connectivity index (χ1v) is 11.0. The standard InChI is InChI=1S/C28H22N4O4/c33-23-17-9-7-15-21(23)27(35)31-29-25(19-11-3-1-4-12-19)26(20-13-5-2-6-14-20)30-32-28(36)22-16-8-10-18-24(22)34/h1-18,33-34H,(H,31,35)(H,32,36)/b29-25-,30-26+. The van der Waals surface area contributed by atoms with Crippen LogP contribution in [0, 0.1) is 0 Å². The second-order valence-corrected chi connectivity index (χ2v) is 7.57. The Labute approximate surface area is 207 Å². The van der Waals surface area contributed by atoms with Crippen molar-refractivity contribution in [2.45, 2.75) is 0 Å². The number of carbonyl (C=O) groups excluding carboxylic acids is 2. The lowest BCUT2D eigenvalue weighted by Gasteiger charge is -2.12. The van der Waals surface area contributed by atoms with Crippen LogP contribution in [0.1, 0.15) is 31.8 Å². The van der Waals surface area contributed by atoms with E-state index in [1.807, 2.05) is 12.1 Å². The van der Waals surface area contributed by atoms with Gasteiger partial charge in [-0.15, -0.1) is 0 Å². The van der Waals surface area contributed by atoms with Crippen LogP contribution in [0.25, 0.3) is 0 Å². The molecule has 0 radical (unpaired) electrons. The maximum Gasteiger partial charge on any atom is 0.275 e. The zero-order valence-corrected chi connectivity index (χ0v) is 19.0. The van der Waals surface area contributed by atoms with Crippen molar-refractivity contribution in [3.63, 3.8) is 0 Å². The Morgan fingerprint density at radius 3 is 1.19 bits per heavy atom. The molecule has 4 aromatic carbocycles. The first-order chi connectivity index (χ1) is 17.5. The van der Waals surface area contributed by atoms with Gasteiger partial charge in [-0.1, -0.05) is 84.9 Å². The van der Waals surface area contributed by atoms with Crippen LogP contribution in [0.3, 0.4) is 0 Å². The summed E-state index contributed by atoms with van der Waals surface area (Å²) < 4.78 is 0. The molecule has 0 aliphatic heterocycles. The second kappa shape index (κ2) is 11.3. The molecule has 0 atom stereocenters. The van der Waals surface area contributed by atoms with Crippen molar-refractivity contribution in [2.75, 3.05) is 0 Å². The summed E-state index contributed by atoms with van der Waals surface area (Å²) in [5.41, 5.74) is 6.83. The van der Waals surface area contributed by atoms with Crippen molar-refractivity contribution < 1.29 is 19.8 Å². The summed E-state index contributed by atoms with van der Waals surface area (Å²) in [7, 11) is 0. The fourth-order valence-electron chi connectivity index (χ4n) is 3.37.